The molecule has 0 rings (SSSR count). The van der Waals surface area contributed by atoms with Crippen LogP contribution in [0.4, 0.5) is 0 Å². The smallest absolute Gasteiger partial charge is 0.361 e. The molecule has 0 heterocycles. The van der Waals surface area contributed by atoms with Crippen molar-refractivity contribution in [1.29, 1.82) is 0 Å². The van der Waals surface area contributed by atoms with Crippen LogP contribution in [0.15, 0.2) is 36.5 Å². The number of carboxylic acids is 1. The molecule has 67 heavy (non-hydrogen) atoms. The molecule has 9 nitrogen and oxygen atoms in total. The number of carbonyl (C=O) groups is 3. The summed E-state index contributed by atoms with van der Waals surface area (Å²) in [5.41, 5.74) is 0. The first-order chi connectivity index (χ1) is 32.6. The van der Waals surface area contributed by atoms with E-state index in [4.69, 9.17) is 18.9 Å². The minimum atomic E-state index is -1.51. The topological polar surface area (TPSA) is 108 Å². The van der Waals surface area contributed by atoms with Crippen molar-refractivity contribution in [2.45, 2.75) is 270 Å². The zero-order valence-corrected chi connectivity index (χ0v) is 44.6. The van der Waals surface area contributed by atoms with Crippen LogP contribution in [-0.2, 0) is 33.3 Å². The van der Waals surface area contributed by atoms with Gasteiger partial charge in [-0.3, -0.25) is 9.59 Å². The molecule has 0 aromatic rings. The summed E-state index contributed by atoms with van der Waals surface area (Å²) >= 11 is 0. The Bertz CT molecular complexity index is 1190. The van der Waals surface area contributed by atoms with E-state index in [-0.39, 0.29) is 32.2 Å². The lowest BCUT2D eigenvalue weighted by atomic mass is 10.0. The summed E-state index contributed by atoms with van der Waals surface area (Å²) in [6.45, 7) is 4.86. The molecule has 0 fully saturated rings. The molecular formula is C58H108NO8+. The Balaban J connectivity index is 4.14. The molecular weight excluding hydrogens is 839 g/mol. The predicted octanol–water partition coefficient (Wildman–Crippen LogP) is 16.1. The third-order valence-corrected chi connectivity index (χ3v) is 12.4. The molecule has 0 aliphatic rings. The van der Waals surface area contributed by atoms with Gasteiger partial charge in [0, 0.05) is 12.8 Å². The number of ether oxygens (including phenoxy) is 4. The molecule has 0 aromatic carbocycles. The number of aliphatic carboxylic acids is 1. The molecule has 0 saturated carbocycles. The quantitative estimate of drug-likeness (QED) is 0.0211. The number of unbranched alkanes of at least 4 members (excludes halogenated alkanes) is 31. The molecule has 0 aliphatic carbocycles. The third-order valence-electron chi connectivity index (χ3n) is 12.4. The molecule has 0 radical (unpaired) electrons. The minimum absolute atomic E-state index is 0.183. The molecule has 0 aromatic heterocycles. The fourth-order valence-electron chi connectivity index (χ4n) is 7.98. The molecule has 0 amide bonds. The van der Waals surface area contributed by atoms with Crippen molar-refractivity contribution in [3.05, 3.63) is 36.5 Å². The van der Waals surface area contributed by atoms with E-state index in [9.17, 15) is 19.5 Å². The maximum absolute atomic E-state index is 12.8. The maximum Gasteiger partial charge on any atom is 0.361 e. The maximum atomic E-state index is 12.8. The van der Waals surface area contributed by atoms with E-state index >= 15 is 0 Å². The summed E-state index contributed by atoms with van der Waals surface area (Å²) in [5.74, 6) is -2.01. The minimum Gasteiger partial charge on any atom is -0.477 e. The van der Waals surface area contributed by atoms with Gasteiger partial charge < -0.3 is 28.5 Å². The summed E-state index contributed by atoms with van der Waals surface area (Å²) < 4.78 is 22.8. The van der Waals surface area contributed by atoms with Crippen molar-refractivity contribution >= 4 is 17.9 Å². The first-order valence-corrected chi connectivity index (χ1v) is 28.2. The van der Waals surface area contributed by atoms with Crippen molar-refractivity contribution in [3.63, 3.8) is 0 Å². The second kappa shape index (κ2) is 49.9. The first kappa shape index (κ1) is 64.5. The van der Waals surface area contributed by atoms with Crippen LogP contribution < -0.4 is 0 Å². The largest absolute Gasteiger partial charge is 0.477 e. The van der Waals surface area contributed by atoms with Gasteiger partial charge in [0.05, 0.1) is 34.4 Å². The molecule has 0 aliphatic heterocycles. The number of esters is 2. The van der Waals surface area contributed by atoms with Gasteiger partial charge >= 0.3 is 17.9 Å². The van der Waals surface area contributed by atoms with E-state index in [0.29, 0.717) is 17.4 Å². The molecule has 1 N–H and O–H groups in total. The van der Waals surface area contributed by atoms with Gasteiger partial charge in [-0.25, -0.2) is 4.79 Å². The van der Waals surface area contributed by atoms with Crippen molar-refractivity contribution in [1.82, 2.24) is 0 Å². The zero-order valence-electron chi connectivity index (χ0n) is 44.6. The van der Waals surface area contributed by atoms with Crippen LogP contribution in [-0.4, -0.2) is 87.4 Å². The molecule has 0 bridgehead atoms. The first-order valence-electron chi connectivity index (χ1n) is 28.2. The van der Waals surface area contributed by atoms with E-state index in [1.54, 1.807) is 0 Å². The fraction of sp³-hybridized carbons (Fsp3) is 0.845. The van der Waals surface area contributed by atoms with E-state index in [1.165, 1.54) is 167 Å². The number of carboxylic acid groups (broad SMARTS) is 1. The lowest BCUT2D eigenvalue weighted by Crippen LogP contribution is -2.40. The van der Waals surface area contributed by atoms with Crippen LogP contribution >= 0.6 is 0 Å². The monoisotopic (exact) mass is 947 g/mol. The third kappa shape index (κ3) is 51.2. The number of rotatable bonds is 52. The van der Waals surface area contributed by atoms with E-state index < -0.39 is 24.3 Å². The number of likely N-dealkylation sites (N-methyl/N-ethyl adjacent to an activating group) is 1. The fourth-order valence-corrected chi connectivity index (χ4v) is 7.98. The Morgan fingerprint density at radius 2 is 0.806 bits per heavy atom. The van der Waals surface area contributed by atoms with Gasteiger partial charge in [-0.1, -0.05) is 211 Å². The lowest BCUT2D eigenvalue weighted by molar-refractivity contribution is -0.870. The standard InChI is InChI=1S/C58H107NO8/c1-6-8-10-12-14-16-18-20-21-22-23-24-25-26-27-28-29-30-31-32-33-34-35-37-39-41-43-45-47-49-56(61)67-54(53-66-58(57(62)63)64-51-50-59(3,4)5)52-65-55(60)48-46-44-42-40-38-36-19-17-15-13-11-9-7-2/h17-20,22-23,54,58H,6-16,21,24-53H2,1-5H3/p+1/b19-17-,20-18-,23-22-. The number of nitrogens with zero attached hydrogens (tertiary/aromatic N) is 1. The highest BCUT2D eigenvalue weighted by molar-refractivity contribution is 5.71. The van der Waals surface area contributed by atoms with Crippen LogP contribution in [0.3, 0.4) is 0 Å². The summed E-state index contributed by atoms with van der Waals surface area (Å²) in [7, 11) is 5.97. The molecule has 0 saturated heterocycles. The molecule has 392 valence electrons. The Kier molecular flexibility index (Phi) is 48.1. The Hall–Kier alpha value is -2.49. The van der Waals surface area contributed by atoms with Crippen molar-refractivity contribution < 1.29 is 42.9 Å². The van der Waals surface area contributed by atoms with Gasteiger partial charge in [0.25, 0.3) is 6.29 Å². The van der Waals surface area contributed by atoms with Crippen molar-refractivity contribution in [2.24, 2.45) is 0 Å². The summed E-state index contributed by atoms with van der Waals surface area (Å²) in [6, 6.07) is 0. The second-order valence-corrected chi connectivity index (χ2v) is 20.2. The number of hydrogen-bond acceptors (Lipinski definition) is 7. The van der Waals surface area contributed by atoms with Crippen LogP contribution in [0.2, 0.25) is 0 Å². The summed E-state index contributed by atoms with van der Waals surface area (Å²) in [5, 5.41) is 9.68. The second-order valence-electron chi connectivity index (χ2n) is 20.2. The number of allylic oxidation sites excluding steroid dienone is 6. The number of hydrogen-bond donors (Lipinski definition) is 1. The molecule has 0 spiro atoms. The Morgan fingerprint density at radius 3 is 1.21 bits per heavy atom. The number of quaternary nitrogens is 1. The zero-order chi connectivity index (χ0) is 49.2. The predicted molar refractivity (Wildman–Crippen MR) is 281 cm³/mol. The highest BCUT2D eigenvalue weighted by Crippen LogP contribution is 2.16. The molecule has 9 heteroatoms. The van der Waals surface area contributed by atoms with E-state index in [0.717, 1.165) is 64.2 Å². The number of carbonyl (C=O) groups excluding carboxylic acids is 2. The molecule has 2 atom stereocenters. The van der Waals surface area contributed by atoms with E-state index in [1.807, 2.05) is 21.1 Å². The van der Waals surface area contributed by atoms with E-state index in [2.05, 4.69) is 50.3 Å². The lowest BCUT2D eigenvalue weighted by Gasteiger charge is -2.25. The van der Waals surface area contributed by atoms with Gasteiger partial charge in [0.1, 0.15) is 13.2 Å². The van der Waals surface area contributed by atoms with Crippen LogP contribution in [0.1, 0.15) is 258 Å². The Labute approximate surface area is 413 Å². The van der Waals surface area contributed by atoms with Crippen LogP contribution in [0.25, 0.3) is 0 Å². The van der Waals surface area contributed by atoms with Gasteiger partial charge in [0.15, 0.2) is 6.10 Å². The average Bonchev–Trinajstić information content (AvgIpc) is 3.29. The van der Waals surface area contributed by atoms with Crippen molar-refractivity contribution in [3.8, 4) is 0 Å². The van der Waals surface area contributed by atoms with Gasteiger partial charge in [-0.2, -0.15) is 0 Å². The Morgan fingerprint density at radius 1 is 0.448 bits per heavy atom. The SMILES string of the molecule is CCCCCC/C=C\CCCCCCCC(=O)OCC(COC(OCC[N+](C)(C)C)C(=O)O)OC(=O)CCCCCCCCCCCCCCCCCCC/C=C\C/C=C\CCCCCCC. The van der Waals surface area contributed by atoms with Crippen LogP contribution in [0.5, 0.6) is 0 Å². The van der Waals surface area contributed by atoms with Gasteiger partial charge in [-0.05, 0) is 70.6 Å². The average molecular weight is 948 g/mol. The van der Waals surface area contributed by atoms with Crippen LogP contribution in [0, 0.1) is 0 Å². The summed E-state index contributed by atoms with van der Waals surface area (Å²) in [4.78, 5) is 37.3. The van der Waals surface area contributed by atoms with Crippen molar-refractivity contribution in [2.75, 3.05) is 47.5 Å². The normalized spacial score (nSPS) is 13.0. The van der Waals surface area contributed by atoms with Gasteiger partial charge in [-0.15, -0.1) is 0 Å². The molecule has 2 unspecified atom stereocenters. The summed E-state index contributed by atoms with van der Waals surface area (Å²) in [6.07, 6.45) is 56.6. The van der Waals surface area contributed by atoms with Gasteiger partial charge in [0.2, 0.25) is 0 Å². The highest BCUT2D eigenvalue weighted by atomic mass is 16.7. The highest BCUT2D eigenvalue weighted by Gasteiger charge is 2.25.